The van der Waals surface area contributed by atoms with Gasteiger partial charge in [-0.1, -0.05) is 60.1 Å². The highest BCUT2D eigenvalue weighted by molar-refractivity contribution is 6.74. The molecule has 0 aromatic heterocycles. The van der Waals surface area contributed by atoms with Crippen LogP contribution in [-0.2, 0) is 23.4 Å². The van der Waals surface area contributed by atoms with Crippen LogP contribution in [0.2, 0.25) is 18.1 Å². The summed E-state index contributed by atoms with van der Waals surface area (Å²) in [6, 6.07) is 0. The zero-order valence-electron chi connectivity index (χ0n) is 27.0. The molecule has 1 heterocycles. The molecule has 0 bridgehead atoms. The molecule has 3 aliphatic rings. The Labute approximate surface area is 241 Å². The van der Waals surface area contributed by atoms with Gasteiger partial charge in [-0.05, 0) is 98.4 Å². The third-order valence-corrected chi connectivity index (χ3v) is 14.8. The molecule has 1 saturated carbocycles. The first kappa shape index (κ1) is 33.0. The predicted molar refractivity (Wildman–Crippen MR) is 163 cm³/mol. The molecule has 1 unspecified atom stereocenters. The van der Waals surface area contributed by atoms with Crippen molar-refractivity contribution in [3.8, 4) is 0 Å². The second-order valence-electron chi connectivity index (χ2n) is 14.6. The molecule has 1 saturated heterocycles. The van der Waals surface area contributed by atoms with E-state index >= 15 is 0 Å². The van der Waals surface area contributed by atoms with E-state index < -0.39 is 8.32 Å². The van der Waals surface area contributed by atoms with Crippen molar-refractivity contribution in [3.63, 3.8) is 0 Å². The number of rotatable bonds is 13. The molecular formula is C33H60O5Si. The van der Waals surface area contributed by atoms with Gasteiger partial charge in [0.1, 0.15) is 6.79 Å². The van der Waals surface area contributed by atoms with Gasteiger partial charge in [0.2, 0.25) is 0 Å². The van der Waals surface area contributed by atoms with Crippen LogP contribution in [0.3, 0.4) is 0 Å². The van der Waals surface area contributed by atoms with E-state index in [9.17, 15) is 0 Å². The Morgan fingerprint density at radius 3 is 2.46 bits per heavy atom. The minimum atomic E-state index is -1.86. The number of allylic oxidation sites excluding steroid dienone is 2. The quantitative estimate of drug-likeness (QED) is 0.127. The number of methoxy groups -OCH3 is 1. The summed E-state index contributed by atoms with van der Waals surface area (Å²) < 4.78 is 30.6. The van der Waals surface area contributed by atoms with Gasteiger partial charge in [0, 0.05) is 25.7 Å². The second kappa shape index (κ2) is 13.6. The first-order valence-electron chi connectivity index (χ1n) is 15.7. The fourth-order valence-corrected chi connectivity index (χ4v) is 7.54. The Hall–Kier alpha value is -0.503. The van der Waals surface area contributed by atoms with Crippen molar-refractivity contribution < 1.29 is 23.4 Å². The van der Waals surface area contributed by atoms with Crippen LogP contribution in [0.4, 0.5) is 0 Å². The number of ether oxygens (including phenoxy) is 4. The number of hydrogen-bond acceptors (Lipinski definition) is 5. The molecular weight excluding hydrogens is 504 g/mol. The van der Waals surface area contributed by atoms with E-state index in [4.69, 9.17) is 23.4 Å². The molecule has 0 amide bonds. The molecule has 0 N–H and O–H groups in total. The van der Waals surface area contributed by atoms with Gasteiger partial charge < -0.3 is 23.4 Å². The predicted octanol–water partition coefficient (Wildman–Crippen LogP) is 8.80. The molecule has 0 spiro atoms. The highest BCUT2D eigenvalue weighted by atomic mass is 28.4. The third-order valence-electron chi connectivity index (χ3n) is 10.3. The lowest BCUT2D eigenvalue weighted by Crippen LogP contribution is -2.44. The van der Waals surface area contributed by atoms with Crippen LogP contribution in [-0.4, -0.2) is 54.4 Å². The highest BCUT2D eigenvalue weighted by Gasteiger charge is 2.51. The topological polar surface area (TPSA) is 46.2 Å². The average molecular weight is 565 g/mol. The molecule has 2 aliphatic carbocycles. The van der Waals surface area contributed by atoms with Gasteiger partial charge in [-0.25, -0.2) is 0 Å². The van der Waals surface area contributed by atoms with E-state index in [1.807, 2.05) is 0 Å². The van der Waals surface area contributed by atoms with Gasteiger partial charge in [-0.15, -0.1) is 0 Å². The van der Waals surface area contributed by atoms with Crippen LogP contribution in [0.5, 0.6) is 0 Å². The fourth-order valence-electron chi connectivity index (χ4n) is 6.61. The van der Waals surface area contributed by atoms with Gasteiger partial charge in [-0.3, -0.25) is 0 Å². The molecule has 0 aromatic rings. The molecule has 0 aromatic carbocycles. The second-order valence-corrected chi connectivity index (χ2v) is 19.4. The first-order chi connectivity index (χ1) is 18.2. The smallest absolute Gasteiger partial charge is 0.192 e. The average Bonchev–Trinajstić information content (AvgIpc) is 3.23. The Morgan fingerprint density at radius 1 is 1.10 bits per heavy atom. The summed E-state index contributed by atoms with van der Waals surface area (Å²) in [7, 11) is -0.135. The lowest BCUT2D eigenvalue weighted by Gasteiger charge is -2.50. The van der Waals surface area contributed by atoms with Crippen molar-refractivity contribution >= 4 is 8.32 Å². The van der Waals surface area contributed by atoms with Crippen LogP contribution in [0.25, 0.3) is 0 Å². The molecule has 3 rings (SSSR count). The summed E-state index contributed by atoms with van der Waals surface area (Å²) in [6.07, 6.45) is 12.5. The highest BCUT2D eigenvalue weighted by Crippen LogP contribution is 2.61. The molecule has 0 radical (unpaired) electrons. The van der Waals surface area contributed by atoms with Gasteiger partial charge in [-0.2, -0.15) is 0 Å². The van der Waals surface area contributed by atoms with Crippen molar-refractivity contribution in [2.45, 2.75) is 137 Å². The van der Waals surface area contributed by atoms with Crippen LogP contribution < -0.4 is 0 Å². The van der Waals surface area contributed by atoms with Gasteiger partial charge in [0.05, 0.1) is 12.7 Å². The van der Waals surface area contributed by atoms with Gasteiger partial charge in [0.25, 0.3) is 0 Å². The normalized spacial score (nSPS) is 30.3. The van der Waals surface area contributed by atoms with Crippen molar-refractivity contribution in [2.24, 2.45) is 16.7 Å². The SMILES string of the molecule is COCO[C@H](CCCOC1CCCCO1)[C@@]1(C)CC[C@@]2(C)CCC(C(C)C)=C2/C1=C\CO[Si](C)(C)C(C)(C)C. The maximum Gasteiger partial charge on any atom is 0.192 e. The Kier molecular flexibility index (Phi) is 11.5. The first-order valence-corrected chi connectivity index (χ1v) is 18.6. The molecule has 6 heteroatoms. The van der Waals surface area contributed by atoms with Gasteiger partial charge >= 0.3 is 0 Å². The minimum absolute atomic E-state index is 0.0387. The summed E-state index contributed by atoms with van der Waals surface area (Å²) in [4.78, 5) is 0. The van der Waals surface area contributed by atoms with E-state index in [0.717, 1.165) is 38.7 Å². The summed E-state index contributed by atoms with van der Waals surface area (Å²) in [6.45, 7) is 23.9. The van der Waals surface area contributed by atoms with Crippen LogP contribution in [0.1, 0.15) is 106 Å². The largest absolute Gasteiger partial charge is 0.413 e. The van der Waals surface area contributed by atoms with E-state index in [1.54, 1.807) is 18.3 Å². The Bertz CT molecular complexity index is 851. The van der Waals surface area contributed by atoms with Gasteiger partial charge in [0.15, 0.2) is 14.6 Å². The Morgan fingerprint density at radius 2 is 1.85 bits per heavy atom. The van der Waals surface area contributed by atoms with Crippen molar-refractivity contribution in [1.29, 1.82) is 0 Å². The fraction of sp³-hybridized carbons (Fsp3) is 0.879. The lowest BCUT2D eigenvalue weighted by atomic mass is 9.57. The Balaban J connectivity index is 1.89. The molecule has 4 atom stereocenters. The molecule has 226 valence electrons. The summed E-state index contributed by atoms with van der Waals surface area (Å²) in [5, 5.41) is 0.192. The van der Waals surface area contributed by atoms with E-state index in [2.05, 4.69) is 67.6 Å². The molecule has 2 fully saturated rings. The standard InChI is InChI=1S/C33H60O5Si/c1-25(2)26-16-18-32(6)19-20-33(7,27(30(26)32)17-23-38-39(9,10)31(3,4)5)28(37-24-34-8)14-13-22-36-29-15-11-12-21-35-29/h17,25,28-29H,11-16,18-24H2,1-10H3/b27-17+/t28-,29?,32-,33+/m1/s1. The monoisotopic (exact) mass is 564 g/mol. The summed E-state index contributed by atoms with van der Waals surface area (Å²) >= 11 is 0. The summed E-state index contributed by atoms with van der Waals surface area (Å²) in [5.41, 5.74) is 4.88. The molecule has 1 aliphatic heterocycles. The van der Waals surface area contributed by atoms with E-state index in [1.165, 1.54) is 31.3 Å². The lowest BCUT2D eigenvalue weighted by molar-refractivity contribution is -0.166. The molecule has 39 heavy (non-hydrogen) atoms. The van der Waals surface area contributed by atoms with Crippen molar-refractivity contribution in [1.82, 2.24) is 0 Å². The van der Waals surface area contributed by atoms with Crippen LogP contribution in [0.15, 0.2) is 22.8 Å². The zero-order chi connectivity index (χ0) is 28.9. The summed E-state index contributed by atoms with van der Waals surface area (Å²) in [5.74, 6) is 0.552. The number of hydrogen-bond donors (Lipinski definition) is 0. The van der Waals surface area contributed by atoms with Crippen LogP contribution >= 0.6 is 0 Å². The van der Waals surface area contributed by atoms with E-state index in [-0.39, 0.29) is 28.3 Å². The number of fused-ring (bicyclic) bond motifs is 1. The third kappa shape index (κ3) is 7.87. The molecule has 5 nitrogen and oxygen atoms in total. The minimum Gasteiger partial charge on any atom is -0.413 e. The van der Waals surface area contributed by atoms with Crippen molar-refractivity contribution in [2.75, 3.05) is 33.7 Å². The van der Waals surface area contributed by atoms with Crippen LogP contribution in [0, 0.1) is 16.7 Å². The maximum atomic E-state index is 6.73. The zero-order valence-corrected chi connectivity index (χ0v) is 28.0. The van der Waals surface area contributed by atoms with E-state index in [0.29, 0.717) is 25.9 Å². The maximum absolute atomic E-state index is 6.73. The van der Waals surface area contributed by atoms with Crippen molar-refractivity contribution in [3.05, 3.63) is 22.8 Å².